The van der Waals surface area contributed by atoms with Gasteiger partial charge in [0.25, 0.3) is 5.56 Å². The van der Waals surface area contributed by atoms with Crippen molar-refractivity contribution in [1.29, 1.82) is 0 Å². The Morgan fingerprint density at radius 3 is 3.31 bits per heavy atom. The summed E-state index contributed by atoms with van der Waals surface area (Å²) in [4.78, 5) is 11.3. The van der Waals surface area contributed by atoms with E-state index in [0.29, 0.717) is 5.92 Å². The Balaban J connectivity index is 2.08. The first-order valence-corrected chi connectivity index (χ1v) is 4.59. The minimum atomic E-state index is -0.00519. The zero-order valence-electron chi connectivity index (χ0n) is 7.44. The largest absolute Gasteiger partial charge is 0.316 e. The lowest BCUT2D eigenvalue weighted by Gasteiger charge is -2.08. The highest BCUT2D eigenvalue weighted by atomic mass is 16.1. The summed E-state index contributed by atoms with van der Waals surface area (Å²) in [5.41, 5.74) is -0.00519. The Morgan fingerprint density at radius 2 is 2.62 bits per heavy atom. The third-order valence-electron chi connectivity index (χ3n) is 2.38. The van der Waals surface area contributed by atoms with Crippen molar-refractivity contribution in [3.63, 3.8) is 0 Å². The molecule has 4 heteroatoms. The first kappa shape index (κ1) is 8.44. The van der Waals surface area contributed by atoms with Crippen LogP contribution in [0.2, 0.25) is 0 Å². The fourth-order valence-corrected chi connectivity index (χ4v) is 1.64. The number of hydrogen-bond acceptors (Lipinski definition) is 3. The van der Waals surface area contributed by atoms with Crippen LogP contribution in [0.15, 0.2) is 23.1 Å². The number of nitrogens with one attached hydrogen (secondary N) is 1. The second kappa shape index (κ2) is 3.70. The van der Waals surface area contributed by atoms with Crippen LogP contribution in [0.4, 0.5) is 0 Å². The second-order valence-electron chi connectivity index (χ2n) is 3.40. The van der Waals surface area contributed by atoms with E-state index in [1.807, 2.05) is 0 Å². The van der Waals surface area contributed by atoms with Gasteiger partial charge in [-0.25, -0.2) is 4.68 Å². The molecule has 4 nitrogen and oxygen atoms in total. The van der Waals surface area contributed by atoms with Crippen LogP contribution in [0.5, 0.6) is 0 Å². The standard InChI is InChI=1S/C9H13N3O/c13-9-2-1-4-11-12(9)7-8-3-5-10-6-8/h1-2,4,8,10H,3,5-7H2. The quantitative estimate of drug-likeness (QED) is 0.687. The smallest absolute Gasteiger partial charge is 0.266 e. The molecule has 1 aromatic heterocycles. The highest BCUT2D eigenvalue weighted by molar-refractivity contribution is 4.85. The van der Waals surface area contributed by atoms with Crippen molar-refractivity contribution in [3.05, 3.63) is 28.7 Å². The van der Waals surface area contributed by atoms with Crippen molar-refractivity contribution >= 4 is 0 Å². The Hall–Kier alpha value is -1.16. The van der Waals surface area contributed by atoms with Gasteiger partial charge in [0.1, 0.15) is 0 Å². The molecular formula is C9H13N3O. The lowest BCUT2D eigenvalue weighted by atomic mass is 10.1. The molecular weight excluding hydrogens is 166 g/mol. The molecule has 1 atom stereocenters. The molecule has 1 N–H and O–H groups in total. The third kappa shape index (κ3) is 1.95. The first-order valence-electron chi connectivity index (χ1n) is 4.59. The topological polar surface area (TPSA) is 46.9 Å². The molecule has 13 heavy (non-hydrogen) atoms. The van der Waals surface area contributed by atoms with E-state index in [0.717, 1.165) is 26.1 Å². The van der Waals surface area contributed by atoms with E-state index in [1.54, 1.807) is 18.3 Å². The van der Waals surface area contributed by atoms with Crippen molar-refractivity contribution in [2.24, 2.45) is 5.92 Å². The molecule has 1 saturated heterocycles. The molecule has 1 aliphatic rings. The van der Waals surface area contributed by atoms with Gasteiger partial charge >= 0.3 is 0 Å². The molecule has 0 radical (unpaired) electrons. The van der Waals surface area contributed by atoms with Crippen LogP contribution in [-0.4, -0.2) is 22.9 Å². The van der Waals surface area contributed by atoms with Gasteiger partial charge in [-0.15, -0.1) is 0 Å². The lowest BCUT2D eigenvalue weighted by molar-refractivity contribution is 0.434. The van der Waals surface area contributed by atoms with Crippen molar-refractivity contribution in [3.8, 4) is 0 Å². The SMILES string of the molecule is O=c1cccnn1CC1CCNC1. The van der Waals surface area contributed by atoms with Crippen molar-refractivity contribution in [2.75, 3.05) is 13.1 Å². The molecule has 0 aliphatic carbocycles. The van der Waals surface area contributed by atoms with Crippen LogP contribution in [0, 0.1) is 5.92 Å². The summed E-state index contributed by atoms with van der Waals surface area (Å²) < 4.78 is 1.54. The predicted octanol–water partition coefficient (Wildman–Crippen LogP) is -0.147. The van der Waals surface area contributed by atoms with Crippen molar-refractivity contribution in [1.82, 2.24) is 15.1 Å². The number of rotatable bonds is 2. The number of nitrogens with zero attached hydrogens (tertiary/aromatic N) is 2. The Morgan fingerprint density at radius 1 is 1.69 bits per heavy atom. The van der Waals surface area contributed by atoms with Crippen LogP contribution >= 0.6 is 0 Å². The molecule has 0 spiro atoms. The van der Waals surface area contributed by atoms with Gasteiger partial charge in [-0.2, -0.15) is 5.10 Å². The summed E-state index contributed by atoms with van der Waals surface area (Å²) in [6.07, 6.45) is 2.80. The van der Waals surface area contributed by atoms with Crippen molar-refractivity contribution < 1.29 is 0 Å². The third-order valence-corrected chi connectivity index (χ3v) is 2.38. The molecule has 0 saturated carbocycles. The fourth-order valence-electron chi connectivity index (χ4n) is 1.64. The van der Waals surface area contributed by atoms with Gasteiger partial charge in [-0.1, -0.05) is 0 Å². The summed E-state index contributed by atoms with van der Waals surface area (Å²) >= 11 is 0. The zero-order chi connectivity index (χ0) is 9.10. The van der Waals surface area contributed by atoms with Gasteiger partial charge in [0.15, 0.2) is 0 Å². The molecule has 2 heterocycles. The molecule has 1 fully saturated rings. The monoisotopic (exact) mass is 179 g/mol. The molecule has 2 rings (SSSR count). The first-order chi connectivity index (χ1) is 6.36. The van der Waals surface area contributed by atoms with E-state index in [1.165, 1.54) is 4.68 Å². The van der Waals surface area contributed by atoms with E-state index >= 15 is 0 Å². The minimum absolute atomic E-state index is 0.00519. The summed E-state index contributed by atoms with van der Waals surface area (Å²) in [6.45, 7) is 2.81. The van der Waals surface area contributed by atoms with Crippen molar-refractivity contribution in [2.45, 2.75) is 13.0 Å². The summed E-state index contributed by atoms with van der Waals surface area (Å²) in [7, 11) is 0. The van der Waals surface area contributed by atoms with E-state index in [4.69, 9.17) is 0 Å². The van der Waals surface area contributed by atoms with E-state index in [9.17, 15) is 4.79 Å². The Kier molecular flexibility index (Phi) is 2.40. The Bertz CT molecular complexity index is 328. The molecule has 0 bridgehead atoms. The molecule has 1 aliphatic heterocycles. The maximum absolute atomic E-state index is 11.3. The average Bonchev–Trinajstić information content (AvgIpc) is 2.61. The number of aromatic nitrogens is 2. The molecule has 0 amide bonds. The van der Waals surface area contributed by atoms with E-state index < -0.39 is 0 Å². The summed E-state index contributed by atoms with van der Waals surface area (Å²) in [5.74, 6) is 0.563. The molecule has 0 aromatic carbocycles. The zero-order valence-corrected chi connectivity index (χ0v) is 7.44. The van der Waals surface area contributed by atoms with Gasteiger partial charge in [0.2, 0.25) is 0 Å². The maximum Gasteiger partial charge on any atom is 0.266 e. The van der Waals surface area contributed by atoms with Gasteiger partial charge in [-0.3, -0.25) is 4.79 Å². The highest BCUT2D eigenvalue weighted by Crippen LogP contribution is 2.07. The maximum atomic E-state index is 11.3. The minimum Gasteiger partial charge on any atom is -0.316 e. The molecule has 1 aromatic rings. The van der Waals surface area contributed by atoms with Crippen LogP contribution in [0.1, 0.15) is 6.42 Å². The number of hydrogen-bond donors (Lipinski definition) is 1. The van der Waals surface area contributed by atoms with Crippen LogP contribution < -0.4 is 10.9 Å². The van der Waals surface area contributed by atoms with Gasteiger partial charge in [-0.05, 0) is 31.5 Å². The Labute approximate surface area is 76.6 Å². The fraction of sp³-hybridized carbons (Fsp3) is 0.556. The van der Waals surface area contributed by atoms with Crippen LogP contribution in [-0.2, 0) is 6.54 Å². The highest BCUT2D eigenvalue weighted by Gasteiger charge is 2.15. The normalized spacial score (nSPS) is 22.0. The van der Waals surface area contributed by atoms with E-state index in [-0.39, 0.29) is 5.56 Å². The molecule has 70 valence electrons. The molecule has 1 unspecified atom stereocenters. The van der Waals surface area contributed by atoms with Gasteiger partial charge in [0, 0.05) is 18.8 Å². The lowest BCUT2D eigenvalue weighted by Crippen LogP contribution is -2.26. The van der Waals surface area contributed by atoms with E-state index in [2.05, 4.69) is 10.4 Å². The van der Waals surface area contributed by atoms with Gasteiger partial charge in [0.05, 0.1) is 0 Å². The van der Waals surface area contributed by atoms with Crippen LogP contribution in [0.25, 0.3) is 0 Å². The summed E-state index contributed by atoms with van der Waals surface area (Å²) in [5, 5.41) is 7.29. The average molecular weight is 179 g/mol. The summed E-state index contributed by atoms with van der Waals surface area (Å²) in [6, 6.07) is 3.22. The van der Waals surface area contributed by atoms with Crippen LogP contribution in [0.3, 0.4) is 0 Å². The predicted molar refractivity (Wildman–Crippen MR) is 49.5 cm³/mol. The van der Waals surface area contributed by atoms with Gasteiger partial charge < -0.3 is 5.32 Å². The second-order valence-corrected chi connectivity index (χ2v) is 3.40.